The molecule has 7 atom stereocenters. The Morgan fingerprint density at radius 3 is 1.08 bits per heavy atom. The maximum absolute atomic E-state index is 13.1. The SMILES string of the molecule is CCCCCCCCCCCCCCCCCCCCCCCCCCCCC(=O)NC(COC1OC(CO)C(O)C(O)C1O)C(O)CCCCCCCCCCCCCCCCCCC. The van der Waals surface area contributed by atoms with Crippen molar-refractivity contribution in [3.05, 3.63) is 0 Å². The summed E-state index contributed by atoms with van der Waals surface area (Å²) in [6.45, 7) is 3.88. The fourth-order valence-electron chi connectivity index (χ4n) is 9.81. The Kier molecular flexibility index (Phi) is 45.8. The molecule has 0 radical (unpaired) electrons. The van der Waals surface area contributed by atoms with Crippen molar-refractivity contribution in [1.29, 1.82) is 0 Å². The topological polar surface area (TPSA) is 149 Å². The number of aliphatic hydroxyl groups excluding tert-OH is 5. The van der Waals surface area contributed by atoms with Crippen LogP contribution in [-0.2, 0) is 14.3 Å². The van der Waals surface area contributed by atoms with Gasteiger partial charge in [0.15, 0.2) is 6.29 Å². The number of aliphatic hydroxyl groups is 5. The average Bonchev–Trinajstić information content (AvgIpc) is 3.32. The van der Waals surface area contributed by atoms with E-state index in [1.807, 2.05) is 0 Å². The highest BCUT2D eigenvalue weighted by Gasteiger charge is 2.44. The third kappa shape index (κ3) is 37.1. The van der Waals surface area contributed by atoms with E-state index >= 15 is 0 Å². The molecule has 1 rings (SSSR count). The molecule has 0 aromatic heterocycles. The summed E-state index contributed by atoms with van der Waals surface area (Å²) in [4.78, 5) is 13.1. The summed E-state index contributed by atoms with van der Waals surface area (Å²) in [6.07, 6.45) is 49.9. The number of carbonyl (C=O) groups is 1. The van der Waals surface area contributed by atoms with E-state index < -0.39 is 49.5 Å². The van der Waals surface area contributed by atoms with Crippen LogP contribution in [0.5, 0.6) is 0 Å². The summed E-state index contributed by atoms with van der Waals surface area (Å²) < 4.78 is 11.3. The Hall–Kier alpha value is -0.810. The number of hydrogen-bond acceptors (Lipinski definition) is 8. The number of amides is 1. The van der Waals surface area contributed by atoms with Crippen molar-refractivity contribution in [1.82, 2.24) is 5.32 Å². The summed E-state index contributed by atoms with van der Waals surface area (Å²) >= 11 is 0. The zero-order chi connectivity index (χ0) is 48.0. The van der Waals surface area contributed by atoms with Crippen LogP contribution >= 0.6 is 0 Å². The third-order valence-corrected chi connectivity index (χ3v) is 14.5. The van der Waals surface area contributed by atoms with Crippen LogP contribution in [0.3, 0.4) is 0 Å². The molecule has 0 saturated carbocycles. The monoisotopic (exact) mass is 940 g/mol. The lowest BCUT2D eigenvalue weighted by Gasteiger charge is -2.40. The van der Waals surface area contributed by atoms with Crippen LogP contribution in [0.2, 0.25) is 0 Å². The Balaban J connectivity index is 2.16. The average molecular weight is 941 g/mol. The fraction of sp³-hybridized carbons (Fsp3) is 0.982. The number of rotatable bonds is 51. The molecule has 0 spiro atoms. The van der Waals surface area contributed by atoms with Gasteiger partial charge in [-0.05, 0) is 12.8 Å². The van der Waals surface area contributed by atoms with Gasteiger partial charge in [0.2, 0.25) is 5.91 Å². The van der Waals surface area contributed by atoms with E-state index in [9.17, 15) is 30.3 Å². The summed E-state index contributed by atoms with van der Waals surface area (Å²) in [7, 11) is 0. The van der Waals surface area contributed by atoms with Crippen molar-refractivity contribution in [3.8, 4) is 0 Å². The number of carbonyl (C=O) groups excluding carboxylic acids is 1. The van der Waals surface area contributed by atoms with Gasteiger partial charge in [-0.2, -0.15) is 0 Å². The summed E-state index contributed by atoms with van der Waals surface area (Å²) in [5, 5.41) is 54.7. The molecule has 1 amide bonds. The van der Waals surface area contributed by atoms with E-state index in [-0.39, 0.29) is 12.5 Å². The van der Waals surface area contributed by atoms with Crippen molar-refractivity contribution in [2.75, 3.05) is 13.2 Å². The van der Waals surface area contributed by atoms with Gasteiger partial charge in [-0.3, -0.25) is 4.79 Å². The zero-order valence-electron chi connectivity index (χ0n) is 43.7. The van der Waals surface area contributed by atoms with E-state index in [0.717, 1.165) is 38.5 Å². The highest BCUT2D eigenvalue weighted by molar-refractivity contribution is 5.76. The van der Waals surface area contributed by atoms with E-state index in [0.29, 0.717) is 12.8 Å². The van der Waals surface area contributed by atoms with Crippen molar-refractivity contribution < 1.29 is 39.8 Å². The molecular formula is C57H113NO8. The first-order chi connectivity index (χ1) is 32.3. The highest BCUT2D eigenvalue weighted by Crippen LogP contribution is 2.23. The predicted octanol–water partition coefficient (Wildman–Crippen LogP) is 14.2. The summed E-state index contributed by atoms with van der Waals surface area (Å²) in [6, 6.07) is -0.713. The summed E-state index contributed by atoms with van der Waals surface area (Å²) in [5.74, 6) is -0.136. The first kappa shape index (κ1) is 63.2. The van der Waals surface area contributed by atoms with Gasteiger partial charge in [-0.1, -0.05) is 284 Å². The van der Waals surface area contributed by atoms with Crippen molar-refractivity contribution in [3.63, 3.8) is 0 Å². The molecule has 7 unspecified atom stereocenters. The lowest BCUT2D eigenvalue weighted by atomic mass is 9.99. The van der Waals surface area contributed by atoms with Gasteiger partial charge >= 0.3 is 0 Å². The summed E-state index contributed by atoms with van der Waals surface area (Å²) in [5.41, 5.74) is 0. The molecule has 0 aromatic rings. The van der Waals surface area contributed by atoms with Crippen molar-refractivity contribution in [2.24, 2.45) is 0 Å². The van der Waals surface area contributed by atoms with E-state index in [2.05, 4.69) is 19.2 Å². The maximum Gasteiger partial charge on any atom is 0.220 e. The quantitative estimate of drug-likeness (QED) is 0.0330. The molecule has 1 saturated heterocycles. The molecule has 1 aliphatic rings. The zero-order valence-corrected chi connectivity index (χ0v) is 43.7. The minimum Gasteiger partial charge on any atom is -0.394 e. The molecule has 1 fully saturated rings. The minimum atomic E-state index is -1.55. The first-order valence-electron chi connectivity index (χ1n) is 29.2. The van der Waals surface area contributed by atoms with Gasteiger partial charge in [0.1, 0.15) is 24.4 Å². The van der Waals surface area contributed by atoms with Gasteiger partial charge < -0.3 is 40.3 Å². The van der Waals surface area contributed by atoms with Gasteiger partial charge in [0, 0.05) is 6.42 Å². The number of ether oxygens (including phenoxy) is 2. The Bertz CT molecular complexity index is 1000. The highest BCUT2D eigenvalue weighted by atomic mass is 16.7. The van der Waals surface area contributed by atoms with Crippen LogP contribution in [0.25, 0.3) is 0 Å². The Morgan fingerprint density at radius 1 is 0.455 bits per heavy atom. The van der Waals surface area contributed by atoms with E-state index in [1.165, 1.54) is 238 Å². The molecule has 6 N–H and O–H groups in total. The fourth-order valence-corrected chi connectivity index (χ4v) is 9.81. The number of nitrogens with one attached hydrogen (secondary N) is 1. The van der Waals surface area contributed by atoms with Crippen LogP contribution in [0.1, 0.15) is 303 Å². The second-order valence-electron chi connectivity index (χ2n) is 20.8. The van der Waals surface area contributed by atoms with Crippen molar-refractivity contribution in [2.45, 2.75) is 346 Å². The molecule has 0 aromatic carbocycles. The smallest absolute Gasteiger partial charge is 0.220 e. The van der Waals surface area contributed by atoms with Gasteiger partial charge in [0.05, 0.1) is 25.4 Å². The normalized spacial score (nSPS) is 19.7. The molecule has 9 heteroatoms. The van der Waals surface area contributed by atoms with Gasteiger partial charge in [0.25, 0.3) is 0 Å². The number of hydrogen-bond donors (Lipinski definition) is 6. The second kappa shape index (κ2) is 47.8. The Labute approximate surface area is 408 Å². The third-order valence-electron chi connectivity index (χ3n) is 14.5. The maximum atomic E-state index is 13.1. The molecule has 0 aliphatic carbocycles. The molecule has 66 heavy (non-hydrogen) atoms. The van der Waals surface area contributed by atoms with E-state index in [1.54, 1.807) is 0 Å². The van der Waals surface area contributed by atoms with Crippen LogP contribution in [-0.4, -0.2) is 87.5 Å². The predicted molar refractivity (Wildman–Crippen MR) is 277 cm³/mol. The molecule has 1 aliphatic heterocycles. The lowest BCUT2D eigenvalue weighted by molar-refractivity contribution is -0.302. The molecule has 9 nitrogen and oxygen atoms in total. The Morgan fingerprint density at radius 2 is 0.758 bits per heavy atom. The standard InChI is InChI=1S/C57H113NO8/c1-3-5-7-9-11-13-15-17-19-21-22-23-24-25-26-27-28-29-31-33-35-37-39-41-43-45-47-53(61)58-50(49-65-57-56(64)55(63)54(62)52(48-59)66-57)51(60)46-44-42-40-38-36-34-32-30-20-18-16-14-12-10-8-6-4-2/h50-52,54-57,59-60,62-64H,3-49H2,1-2H3,(H,58,61). The molecule has 0 bridgehead atoms. The van der Waals surface area contributed by atoms with Gasteiger partial charge in [-0.25, -0.2) is 0 Å². The van der Waals surface area contributed by atoms with E-state index in [4.69, 9.17) is 9.47 Å². The van der Waals surface area contributed by atoms with Crippen LogP contribution in [0.15, 0.2) is 0 Å². The number of unbranched alkanes of at least 4 members (excludes halogenated alkanes) is 41. The first-order valence-corrected chi connectivity index (χ1v) is 29.2. The molecular weight excluding hydrogens is 827 g/mol. The largest absolute Gasteiger partial charge is 0.394 e. The molecule has 394 valence electrons. The van der Waals surface area contributed by atoms with Crippen LogP contribution in [0, 0.1) is 0 Å². The minimum absolute atomic E-state index is 0.131. The van der Waals surface area contributed by atoms with Crippen molar-refractivity contribution >= 4 is 5.91 Å². The van der Waals surface area contributed by atoms with Crippen LogP contribution < -0.4 is 5.32 Å². The van der Waals surface area contributed by atoms with Gasteiger partial charge in [-0.15, -0.1) is 0 Å². The van der Waals surface area contributed by atoms with Crippen LogP contribution in [0.4, 0.5) is 0 Å². The molecule has 1 heterocycles. The lowest BCUT2D eigenvalue weighted by Crippen LogP contribution is -2.60. The second-order valence-corrected chi connectivity index (χ2v) is 20.8.